The lowest BCUT2D eigenvalue weighted by Gasteiger charge is -2.30. The zero-order valence-electron chi connectivity index (χ0n) is 32.3. The summed E-state index contributed by atoms with van der Waals surface area (Å²) >= 11 is 1.97. The van der Waals surface area contributed by atoms with Crippen LogP contribution in [0.5, 0.6) is 0 Å². The van der Waals surface area contributed by atoms with Crippen LogP contribution in [0.1, 0.15) is 183 Å². The van der Waals surface area contributed by atoms with Crippen LogP contribution in [-0.2, 0) is 0 Å². The van der Waals surface area contributed by atoms with Crippen molar-refractivity contribution in [1.82, 2.24) is 0 Å². The zero-order valence-corrected chi connectivity index (χ0v) is 33.1. The van der Waals surface area contributed by atoms with E-state index in [9.17, 15) is 10.5 Å². The Morgan fingerprint density at radius 2 is 0.792 bits per heavy atom. The molecule has 2 atom stereocenters. The summed E-state index contributed by atoms with van der Waals surface area (Å²) in [4.78, 5) is 0. The van der Waals surface area contributed by atoms with Crippen LogP contribution in [0.3, 0.4) is 0 Å². The molecule has 4 aromatic rings. The van der Waals surface area contributed by atoms with E-state index in [2.05, 4.69) is 98.8 Å². The summed E-state index contributed by atoms with van der Waals surface area (Å²) in [5, 5.41) is 19.3. The largest absolute Gasteiger partial charge is 0.192 e. The van der Waals surface area contributed by atoms with Gasteiger partial charge in [0, 0.05) is 0 Å². The fourth-order valence-electron chi connectivity index (χ4n) is 9.12. The summed E-state index contributed by atoms with van der Waals surface area (Å²) in [7, 11) is 0. The monoisotopic (exact) mass is 720 g/mol. The Morgan fingerprint density at radius 3 is 1.09 bits per heavy atom. The van der Waals surface area contributed by atoms with Crippen LogP contribution in [-0.4, -0.2) is 0 Å². The summed E-state index contributed by atoms with van der Waals surface area (Å²) < 4.78 is 0. The van der Waals surface area contributed by atoms with Gasteiger partial charge in [0.1, 0.15) is 0 Å². The first-order valence-electron chi connectivity index (χ1n) is 20.9. The second-order valence-electron chi connectivity index (χ2n) is 16.1. The lowest BCUT2D eigenvalue weighted by Crippen LogP contribution is -2.13. The molecule has 0 amide bonds. The molecular formula is C50H60N2S. The maximum absolute atomic E-state index is 9.59. The SMILES string of the molecule is CCCCC[C@H]1CC[C@H](c2ccc(C(SC(c3ccc(C#N)cc3)c3ccc([C@H]4CC[C@H](CCCCC)CC4)cc3)c3ccc(C#N)cc3)cc2)CC1. The summed E-state index contributed by atoms with van der Waals surface area (Å²) in [5.74, 6) is 3.15. The van der Waals surface area contributed by atoms with Crippen LogP contribution >= 0.6 is 11.8 Å². The fraction of sp³-hybridized carbons (Fsp3) is 0.480. The molecule has 3 heteroatoms. The van der Waals surface area contributed by atoms with Crippen molar-refractivity contribution in [3.63, 3.8) is 0 Å². The van der Waals surface area contributed by atoms with Crippen molar-refractivity contribution in [3.8, 4) is 12.1 Å². The summed E-state index contributed by atoms with van der Waals surface area (Å²) in [6.07, 6.45) is 21.7. The van der Waals surface area contributed by atoms with Gasteiger partial charge in [0.05, 0.1) is 33.8 Å². The van der Waals surface area contributed by atoms with Gasteiger partial charge in [-0.3, -0.25) is 0 Å². The Kier molecular flexibility index (Phi) is 14.7. The highest BCUT2D eigenvalue weighted by molar-refractivity contribution is 8.00. The molecular weight excluding hydrogens is 661 g/mol. The number of hydrogen-bond acceptors (Lipinski definition) is 3. The highest BCUT2D eigenvalue weighted by atomic mass is 32.2. The molecule has 53 heavy (non-hydrogen) atoms. The topological polar surface area (TPSA) is 47.6 Å². The van der Waals surface area contributed by atoms with E-state index in [0.717, 1.165) is 11.8 Å². The van der Waals surface area contributed by atoms with Gasteiger partial charge in [-0.15, -0.1) is 11.8 Å². The zero-order chi connectivity index (χ0) is 36.8. The van der Waals surface area contributed by atoms with Crippen LogP contribution in [0, 0.1) is 34.5 Å². The lowest BCUT2D eigenvalue weighted by molar-refractivity contribution is 0.303. The standard InChI is InChI=1S/C50H60N2S/c1-3-5-7-9-37-11-19-41(20-12-37)43-27-31-47(32-28-43)49(45-23-15-39(35-51)16-24-45)53-50(46-25-17-40(36-52)18-26-46)48-33-29-44(30-34-48)42-21-13-38(14-22-42)10-8-6-4-2/h15-18,23-34,37-38,41-42,49-50H,3-14,19-22H2,1-2H3/t37-,38-,41-,42-,49?,50?. The first kappa shape index (κ1) is 38.9. The molecule has 0 N–H and O–H groups in total. The molecule has 0 aliphatic heterocycles. The molecule has 0 bridgehead atoms. The average Bonchev–Trinajstić information content (AvgIpc) is 3.22. The van der Waals surface area contributed by atoms with Crippen molar-refractivity contribution in [2.45, 2.75) is 139 Å². The maximum atomic E-state index is 9.59. The first-order valence-corrected chi connectivity index (χ1v) is 21.9. The Labute approximate surface area is 325 Å². The Bertz CT molecular complexity index is 1610. The molecule has 0 heterocycles. The highest BCUT2D eigenvalue weighted by Crippen LogP contribution is 2.49. The quantitative estimate of drug-likeness (QED) is 0.108. The smallest absolute Gasteiger partial charge is 0.0991 e. The van der Waals surface area contributed by atoms with Crippen LogP contribution in [0.25, 0.3) is 0 Å². The van der Waals surface area contributed by atoms with Crippen LogP contribution < -0.4 is 0 Å². The lowest BCUT2D eigenvalue weighted by atomic mass is 9.77. The molecule has 2 unspecified atom stereocenters. The molecule has 0 spiro atoms. The molecule has 2 aliphatic rings. The number of rotatable bonds is 16. The van der Waals surface area contributed by atoms with Gasteiger partial charge >= 0.3 is 0 Å². The van der Waals surface area contributed by atoms with Crippen LogP contribution in [0.4, 0.5) is 0 Å². The predicted octanol–water partition coefficient (Wildman–Crippen LogP) is 14.8. The highest BCUT2D eigenvalue weighted by Gasteiger charge is 2.27. The third-order valence-corrected chi connectivity index (χ3v) is 14.1. The Morgan fingerprint density at radius 1 is 0.472 bits per heavy atom. The van der Waals surface area contributed by atoms with E-state index in [4.69, 9.17) is 0 Å². The van der Waals surface area contributed by atoms with Crippen molar-refractivity contribution in [3.05, 3.63) is 142 Å². The van der Waals surface area contributed by atoms with Gasteiger partial charge in [0.25, 0.3) is 0 Å². The summed E-state index contributed by atoms with van der Waals surface area (Å²) in [6, 6.07) is 40.1. The summed E-state index contributed by atoms with van der Waals surface area (Å²) in [6.45, 7) is 4.60. The van der Waals surface area contributed by atoms with E-state index in [1.165, 1.54) is 136 Å². The third-order valence-electron chi connectivity index (χ3n) is 12.5. The van der Waals surface area contributed by atoms with E-state index in [-0.39, 0.29) is 10.5 Å². The number of benzene rings is 4. The molecule has 6 rings (SSSR count). The minimum Gasteiger partial charge on any atom is -0.192 e. The van der Waals surface area contributed by atoms with Gasteiger partial charge in [-0.05, 0) is 133 Å². The first-order chi connectivity index (χ1) is 26.1. The van der Waals surface area contributed by atoms with Gasteiger partial charge in [0.2, 0.25) is 0 Å². The molecule has 276 valence electrons. The molecule has 2 fully saturated rings. The number of thioether (sulfide) groups is 1. The molecule has 2 aliphatic carbocycles. The second kappa shape index (κ2) is 20.0. The number of nitrogens with zero attached hydrogens (tertiary/aromatic N) is 2. The van der Waals surface area contributed by atoms with E-state index < -0.39 is 0 Å². The predicted molar refractivity (Wildman–Crippen MR) is 224 cm³/mol. The number of nitriles is 2. The van der Waals surface area contributed by atoms with Gasteiger partial charge < -0.3 is 0 Å². The number of hydrogen-bond donors (Lipinski definition) is 0. The van der Waals surface area contributed by atoms with Crippen molar-refractivity contribution < 1.29 is 0 Å². The van der Waals surface area contributed by atoms with Crippen molar-refractivity contribution in [2.24, 2.45) is 11.8 Å². The van der Waals surface area contributed by atoms with Crippen molar-refractivity contribution >= 4 is 11.8 Å². The van der Waals surface area contributed by atoms with E-state index >= 15 is 0 Å². The molecule has 0 radical (unpaired) electrons. The second-order valence-corrected chi connectivity index (χ2v) is 17.3. The molecule has 2 nitrogen and oxygen atoms in total. The molecule has 2 saturated carbocycles. The number of unbranched alkanes of at least 4 members (excludes halogenated alkanes) is 4. The van der Waals surface area contributed by atoms with Crippen molar-refractivity contribution in [1.29, 1.82) is 10.5 Å². The van der Waals surface area contributed by atoms with E-state index in [0.29, 0.717) is 23.0 Å². The van der Waals surface area contributed by atoms with E-state index in [1.807, 2.05) is 36.0 Å². The van der Waals surface area contributed by atoms with Gasteiger partial charge in [-0.2, -0.15) is 10.5 Å². The normalized spacial score (nSPS) is 21.3. The van der Waals surface area contributed by atoms with Gasteiger partial charge in [0.15, 0.2) is 0 Å². The van der Waals surface area contributed by atoms with E-state index in [1.54, 1.807) is 0 Å². The maximum Gasteiger partial charge on any atom is 0.0991 e. The Balaban J connectivity index is 1.23. The van der Waals surface area contributed by atoms with Gasteiger partial charge in [-0.1, -0.05) is 138 Å². The minimum absolute atomic E-state index is 0.0781. The van der Waals surface area contributed by atoms with Crippen LogP contribution in [0.2, 0.25) is 0 Å². The minimum atomic E-state index is 0.0781. The fourth-order valence-corrected chi connectivity index (χ4v) is 10.7. The summed E-state index contributed by atoms with van der Waals surface area (Å²) in [5.41, 5.74) is 9.35. The third kappa shape index (κ3) is 10.7. The van der Waals surface area contributed by atoms with Crippen LogP contribution in [0.15, 0.2) is 97.1 Å². The molecule has 4 aromatic carbocycles. The van der Waals surface area contributed by atoms with Crippen molar-refractivity contribution in [2.75, 3.05) is 0 Å². The molecule has 0 aromatic heterocycles. The van der Waals surface area contributed by atoms with Gasteiger partial charge in [-0.25, -0.2) is 0 Å². The average molecular weight is 721 g/mol. The molecule has 0 saturated heterocycles. The Hall–Kier alpha value is -3.79.